The summed E-state index contributed by atoms with van der Waals surface area (Å²) in [6, 6.07) is 9.85. The van der Waals surface area contributed by atoms with Gasteiger partial charge >= 0.3 is 6.03 Å². The molecule has 2 amide bonds. The molecule has 3 unspecified atom stereocenters. The number of carbonyl (C=O) groups is 1. The zero-order valence-electron chi connectivity index (χ0n) is 12.4. The molecule has 1 heterocycles. The van der Waals surface area contributed by atoms with Crippen molar-refractivity contribution in [1.82, 2.24) is 10.6 Å². The third-order valence-electron chi connectivity index (χ3n) is 3.95. The van der Waals surface area contributed by atoms with Gasteiger partial charge in [0.25, 0.3) is 0 Å². The Bertz CT molecular complexity index is 438. The van der Waals surface area contributed by atoms with Crippen LogP contribution in [0.5, 0.6) is 0 Å². The maximum Gasteiger partial charge on any atom is 0.315 e. The first-order valence-corrected chi connectivity index (χ1v) is 7.52. The summed E-state index contributed by atoms with van der Waals surface area (Å²) in [6.45, 7) is 3.29. The smallest absolute Gasteiger partial charge is 0.315 e. The zero-order valence-corrected chi connectivity index (χ0v) is 12.4. The molecule has 5 nitrogen and oxygen atoms in total. The highest BCUT2D eigenvalue weighted by atomic mass is 16.5. The van der Waals surface area contributed by atoms with Gasteiger partial charge < -0.3 is 20.5 Å². The molecule has 1 aromatic carbocycles. The van der Waals surface area contributed by atoms with Crippen LogP contribution in [0.2, 0.25) is 0 Å². The maximum atomic E-state index is 11.9. The molecule has 1 saturated heterocycles. The molecule has 0 aromatic heterocycles. The Hall–Kier alpha value is -1.59. The number of amides is 2. The van der Waals surface area contributed by atoms with Gasteiger partial charge in [0.1, 0.15) is 0 Å². The van der Waals surface area contributed by atoms with E-state index in [0.29, 0.717) is 19.6 Å². The number of benzene rings is 1. The van der Waals surface area contributed by atoms with Crippen molar-refractivity contribution >= 4 is 6.03 Å². The van der Waals surface area contributed by atoms with E-state index in [9.17, 15) is 9.90 Å². The third-order valence-corrected chi connectivity index (χ3v) is 3.95. The summed E-state index contributed by atoms with van der Waals surface area (Å²) < 4.78 is 5.42. The van der Waals surface area contributed by atoms with Gasteiger partial charge in [-0.1, -0.05) is 30.3 Å². The predicted octanol–water partition coefficient (Wildman–Crippen LogP) is 1.63. The van der Waals surface area contributed by atoms with Crippen molar-refractivity contribution in [3.8, 4) is 0 Å². The molecule has 0 radical (unpaired) electrons. The fourth-order valence-electron chi connectivity index (χ4n) is 2.62. The summed E-state index contributed by atoms with van der Waals surface area (Å²) in [6.07, 6.45) is 1.55. The molecule has 0 bridgehead atoms. The van der Waals surface area contributed by atoms with E-state index in [0.717, 1.165) is 12.0 Å². The van der Waals surface area contributed by atoms with Gasteiger partial charge in [-0.25, -0.2) is 4.79 Å². The number of hydrogen-bond donors (Lipinski definition) is 3. The van der Waals surface area contributed by atoms with Crippen molar-refractivity contribution < 1.29 is 14.6 Å². The number of aliphatic hydroxyl groups excluding tert-OH is 1. The van der Waals surface area contributed by atoms with Crippen molar-refractivity contribution in [1.29, 1.82) is 0 Å². The number of carbonyl (C=O) groups excluding carboxylic acids is 1. The monoisotopic (exact) mass is 292 g/mol. The van der Waals surface area contributed by atoms with Crippen LogP contribution < -0.4 is 10.6 Å². The number of aliphatic hydroxyl groups is 1. The van der Waals surface area contributed by atoms with Crippen molar-refractivity contribution in [3.05, 3.63) is 35.9 Å². The first kappa shape index (κ1) is 15.8. The van der Waals surface area contributed by atoms with Crippen LogP contribution in [-0.4, -0.2) is 43.0 Å². The second-order valence-corrected chi connectivity index (χ2v) is 5.45. The van der Waals surface area contributed by atoms with Gasteiger partial charge in [-0.15, -0.1) is 0 Å². The Morgan fingerprint density at radius 2 is 2.19 bits per heavy atom. The number of rotatable bonds is 6. The average molecular weight is 292 g/mol. The van der Waals surface area contributed by atoms with Crippen LogP contribution in [0.25, 0.3) is 0 Å². The minimum absolute atomic E-state index is 0.0677. The van der Waals surface area contributed by atoms with Crippen molar-refractivity contribution in [2.75, 3.05) is 19.8 Å². The van der Waals surface area contributed by atoms with E-state index in [1.807, 2.05) is 37.3 Å². The Balaban J connectivity index is 1.82. The molecule has 1 aliphatic heterocycles. The lowest BCUT2D eigenvalue weighted by Crippen LogP contribution is -2.45. The van der Waals surface area contributed by atoms with Crippen molar-refractivity contribution in [2.45, 2.75) is 37.8 Å². The minimum Gasteiger partial charge on any atom is -0.396 e. The fourth-order valence-corrected chi connectivity index (χ4v) is 2.62. The SMILES string of the molecule is CC1OCCC1NC(=O)NCC(CCO)c1ccccc1. The highest BCUT2D eigenvalue weighted by Gasteiger charge is 2.25. The Morgan fingerprint density at radius 1 is 1.43 bits per heavy atom. The summed E-state index contributed by atoms with van der Waals surface area (Å²) in [5, 5.41) is 15.0. The van der Waals surface area contributed by atoms with E-state index in [-0.39, 0.29) is 30.7 Å². The molecular weight excluding hydrogens is 268 g/mol. The summed E-state index contributed by atoms with van der Waals surface area (Å²) in [4.78, 5) is 11.9. The fraction of sp³-hybridized carbons (Fsp3) is 0.562. The van der Waals surface area contributed by atoms with Gasteiger partial charge in [-0.2, -0.15) is 0 Å². The van der Waals surface area contributed by atoms with Gasteiger partial charge in [-0.05, 0) is 25.3 Å². The van der Waals surface area contributed by atoms with Gasteiger partial charge in [-0.3, -0.25) is 0 Å². The molecule has 0 aliphatic carbocycles. The number of nitrogens with one attached hydrogen (secondary N) is 2. The lowest BCUT2D eigenvalue weighted by molar-refractivity contribution is 0.114. The number of ether oxygens (including phenoxy) is 1. The summed E-state index contributed by atoms with van der Waals surface area (Å²) >= 11 is 0. The lowest BCUT2D eigenvalue weighted by Gasteiger charge is -2.20. The Morgan fingerprint density at radius 3 is 2.81 bits per heavy atom. The van der Waals surface area contributed by atoms with E-state index in [1.165, 1.54) is 0 Å². The predicted molar refractivity (Wildman–Crippen MR) is 81.2 cm³/mol. The van der Waals surface area contributed by atoms with Crippen LogP contribution in [0.15, 0.2) is 30.3 Å². The van der Waals surface area contributed by atoms with E-state index in [4.69, 9.17) is 4.74 Å². The molecule has 5 heteroatoms. The van der Waals surface area contributed by atoms with Gasteiger partial charge in [0.05, 0.1) is 12.1 Å². The topological polar surface area (TPSA) is 70.6 Å². The van der Waals surface area contributed by atoms with Gasteiger partial charge in [0.2, 0.25) is 0 Å². The largest absolute Gasteiger partial charge is 0.396 e. The summed E-state index contributed by atoms with van der Waals surface area (Å²) in [5.74, 6) is 0.124. The summed E-state index contributed by atoms with van der Waals surface area (Å²) in [5.41, 5.74) is 1.13. The van der Waals surface area contributed by atoms with Crippen LogP contribution >= 0.6 is 0 Å². The standard InChI is InChI=1S/C16H24N2O3/c1-12-15(8-10-21-12)18-16(20)17-11-14(7-9-19)13-5-3-2-4-6-13/h2-6,12,14-15,19H,7-11H2,1H3,(H2,17,18,20). The number of urea groups is 1. The second-order valence-electron chi connectivity index (χ2n) is 5.45. The van der Waals surface area contributed by atoms with Gasteiger partial charge in [0, 0.05) is 25.7 Å². The van der Waals surface area contributed by atoms with Crippen molar-refractivity contribution in [3.63, 3.8) is 0 Å². The Kier molecular flexibility index (Phi) is 6.02. The first-order valence-electron chi connectivity index (χ1n) is 7.52. The van der Waals surface area contributed by atoms with E-state index >= 15 is 0 Å². The van der Waals surface area contributed by atoms with E-state index in [2.05, 4.69) is 10.6 Å². The second kappa shape index (κ2) is 8.00. The van der Waals surface area contributed by atoms with Crippen LogP contribution in [0.4, 0.5) is 4.79 Å². The lowest BCUT2D eigenvalue weighted by atomic mass is 9.96. The molecule has 0 saturated carbocycles. The first-order chi connectivity index (χ1) is 10.2. The molecule has 1 aromatic rings. The van der Waals surface area contributed by atoms with Crippen LogP contribution in [0, 0.1) is 0 Å². The van der Waals surface area contributed by atoms with Gasteiger partial charge in [0.15, 0.2) is 0 Å². The van der Waals surface area contributed by atoms with Crippen molar-refractivity contribution in [2.24, 2.45) is 0 Å². The quantitative estimate of drug-likeness (QED) is 0.746. The highest BCUT2D eigenvalue weighted by molar-refractivity contribution is 5.74. The molecular formula is C16H24N2O3. The summed E-state index contributed by atoms with van der Waals surface area (Å²) in [7, 11) is 0. The molecule has 1 aliphatic rings. The average Bonchev–Trinajstić information content (AvgIpc) is 2.89. The highest BCUT2D eigenvalue weighted by Crippen LogP contribution is 2.18. The van der Waals surface area contributed by atoms with E-state index < -0.39 is 0 Å². The van der Waals surface area contributed by atoms with Crippen LogP contribution in [0.1, 0.15) is 31.2 Å². The molecule has 3 N–H and O–H groups in total. The molecule has 1 fully saturated rings. The van der Waals surface area contributed by atoms with E-state index in [1.54, 1.807) is 0 Å². The molecule has 2 rings (SSSR count). The number of hydrogen-bond acceptors (Lipinski definition) is 3. The molecule has 0 spiro atoms. The molecule has 3 atom stereocenters. The molecule has 21 heavy (non-hydrogen) atoms. The minimum atomic E-state index is -0.170. The third kappa shape index (κ3) is 4.72. The van der Waals surface area contributed by atoms with Crippen LogP contribution in [-0.2, 0) is 4.74 Å². The zero-order chi connectivity index (χ0) is 15.1. The molecule has 116 valence electrons. The Labute approximate surface area is 125 Å². The normalized spacial score (nSPS) is 22.8. The maximum absolute atomic E-state index is 11.9. The van der Waals surface area contributed by atoms with Crippen LogP contribution in [0.3, 0.4) is 0 Å².